The molecule has 0 unspecified atom stereocenters. The number of thiazole rings is 1. The third-order valence-electron chi connectivity index (χ3n) is 4.58. The molecule has 0 spiro atoms. The molecule has 0 bridgehead atoms. The Bertz CT molecular complexity index is 929. The average Bonchev–Trinajstić information content (AvgIpc) is 3.05. The molecule has 0 atom stereocenters. The molecule has 1 saturated heterocycles. The highest BCUT2D eigenvalue weighted by Gasteiger charge is 2.29. The van der Waals surface area contributed by atoms with Crippen molar-refractivity contribution in [3.8, 4) is 0 Å². The van der Waals surface area contributed by atoms with Crippen LogP contribution in [0.1, 0.15) is 59.4 Å². The Hall–Kier alpha value is -1.77. The molecule has 2 heterocycles. The molecule has 1 N–H and O–H groups in total. The first-order valence-corrected chi connectivity index (χ1v) is 11.4. The second kappa shape index (κ2) is 8.08. The Morgan fingerprint density at radius 3 is 2.48 bits per heavy atom. The maximum absolute atomic E-state index is 13.1. The summed E-state index contributed by atoms with van der Waals surface area (Å²) in [5.41, 5.74) is 0.976. The molecule has 1 aromatic heterocycles. The Kier molecular flexibility index (Phi) is 5.98. The van der Waals surface area contributed by atoms with Crippen LogP contribution in [0.15, 0.2) is 29.2 Å². The number of sulfonamides is 1. The number of nitrogens with one attached hydrogen (secondary N) is 1. The van der Waals surface area contributed by atoms with Gasteiger partial charge in [-0.25, -0.2) is 13.4 Å². The van der Waals surface area contributed by atoms with E-state index < -0.39 is 10.0 Å². The van der Waals surface area contributed by atoms with Gasteiger partial charge in [-0.2, -0.15) is 4.31 Å². The molecule has 1 amide bonds. The van der Waals surface area contributed by atoms with E-state index in [4.69, 9.17) is 0 Å². The topological polar surface area (TPSA) is 79.4 Å². The van der Waals surface area contributed by atoms with E-state index in [-0.39, 0.29) is 16.7 Å². The van der Waals surface area contributed by atoms with Gasteiger partial charge in [0, 0.05) is 19.0 Å². The van der Waals surface area contributed by atoms with Gasteiger partial charge in [0.1, 0.15) is 9.77 Å². The lowest BCUT2D eigenvalue weighted by atomic mass is 10.2. The molecule has 1 aliphatic heterocycles. The molecule has 0 saturated carbocycles. The van der Waals surface area contributed by atoms with Gasteiger partial charge in [0.2, 0.25) is 10.0 Å². The largest absolute Gasteiger partial charge is 0.320 e. The predicted molar refractivity (Wildman–Crippen MR) is 108 cm³/mol. The molecular formula is C19H25N3O3S2. The van der Waals surface area contributed by atoms with Crippen molar-refractivity contribution in [3.63, 3.8) is 0 Å². The van der Waals surface area contributed by atoms with Gasteiger partial charge in [0.05, 0.1) is 16.4 Å². The Morgan fingerprint density at radius 2 is 1.85 bits per heavy atom. The SMILES string of the molecule is Cc1nc(C(C)C)sc1C(=O)Nc1ccccc1S(=O)(=O)N1CCCCC1. The highest BCUT2D eigenvalue weighted by atomic mass is 32.2. The second-order valence-corrected chi connectivity index (χ2v) is 9.97. The van der Waals surface area contributed by atoms with Crippen LogP contribution in [-0.4, -0.2) is 36.7 Å². The van der Waals surface area contributed by atoms with Gasteiger partial charge < -0.3 is 5.32 Å². The first-order chi connectivity index (χ1) is 12.8. The van der Waals surface area contributed by atoms with Crippen LogP contribution >= 0.6 is 11.3 Å². The van der Waals surface area contributed by atoms with Crippen molar-refractivity contribution >= 4 is 33.0 Å². The minimum atomic E-state index is -3.63. The zero-order chi connectivity index (χ0) is 19.6. The second-order valence-electron chi connectivity index (χ2n) is 7.04. The van der Waals surface area contributed by atoms with Gasteiger partial charge >= 0.3 is 0 Å². The quantitative estimate of drug-likeness (QED) is 0.812. The van der Waals surface area contributed by atoms with Crippen LogP contribution in [0.25, 0.3) is 0 Å². The number of hydrogen-bond acceptors (Lipinski definition) is 5. The number of aromatic nitrogens is 1. The molecule has 27 heavy (non-hydrogen) atoms. The number of carbonyl (C=O) groups is 1. The Labute approximate surface area is 164 Å². The molecule has 1 fully saturated rings. The third kappa shape index (κ3) is 4.23. The molecular weight excluding hydrogens is 382 g/mol. The first kappa shape index (κ1) is 20.0. The third-order valence-corrected chi connectivity index (χ3v) is 7.99. The Morgan fingerprint density at radius 1 is 1.19 bits per heavy atom. The maximum atomic E-state index is 13.1. The summed E-state index contributed by atoms with van der Waals surface area (Å²) in [6.45, 7) is 6.90. The number of carbonyl (C=O) groups excluding carboxylic acids is 1. The summed E-state index contributed by atoms with van der Waals surface area (Å²) in [5.74, 6) is -0.0831. The van der Waals surface area contributed by atoms with Crippen LogP contribution in [0.5, 0.6) is 0 Å². The number of piperidine rings is 1. The van der Waals surface area contributed by atoms with E-state index in [9.17, 15) is 13.2 Å². The molecule has 1 aliphatic rings. The maximum Gasteiger partial charge on any atom is 0.267 e. The van der Waals surface area contributed by atoms with Crippen molar-refractivity contribution in [1.29, 1.82) is 0 Å². The summed E-state index contributed by atoms with van der Waals surface area (Å²) in [6.07, 6.45) is 2.78. The van der Waals surface area contributed by atoms with E-state index in [1.54, 1.807) is 31.2 Å². The van der Waals surface area contributed by atoms with Crippen molar-refractivity contribution in [2.75, 3.05) is 18.4 Å². The highest BCUT2D eigenvalue weighted by Crippen LogP contribution is 2.29. The highest BCUT2D eigenvalue weighted by molar-refractivity contribution is 7.89. The lowest BCUT2D eigenvalue weighted by Gasteiger charge is -2.26. The lowest BCUT2D eigenvalue weighted by molar-refractivity contribution is 0.102. The van der Waals surface area contributed by atoms with Gasteiger partial charge in [-0.1, -0.05) is 32.4 Å². The van der Waals surface area contributed by atoms with E-state index in [1.807, 2.05) is 13.8 Å². The number of nitrogens with zero attached hydrogens (tertiary/aromatic N) is 2. The summed E-state index contributed by atoms with van der Waals surface area (Å²) < 4.78 is 27.6. The molecule has 146 valence electrons. The van der Waals surface area contributed by atoms with E-state index in [0.717, 1.165) is 24.3 Å². The van der Waals surface area contributed by atoms with E-state index in [0.29, 0.717) is 29.3 Å². The fraction of sp³-hybridized carbons (Fsp3) is 0.474. The van der Waals surface area contributed by atoms with Gasteiger partial charge in [-0.15, -0.1) is 11.3 Å². The number of anilines is 1. The smallest absolute Gasteiger partial charge is 0.267 e. The molecule has 8 heteroatoms. The van der Waals surface area contributed by atoms with E-state index in [1.165, 1.54) is 15.6 Å². The molecule has 6 nitrogen and oxygen atoms in total. The van der Waals surface area contributed by atoms with E-state index in [2.05, 4.69) is 10.3 Å². The molecule has 0 radical (unpaired) electrons. The van der Waals surface area contributed by atoms with Gasteiger partial charge in [0.15, 0.2) is 0 Å². The van der Waals surface area contributed by atoms with Crippen molar-refractivity contribution < 1.29 is 13.2 Å². The van der Waals surface area contributed by atoms with Crippen molar-refractivity contribution in [1.82, 2.24) is 9.29 Å². The van der Waals surface area contributed by atoms with Crippen LogP contribution in [0, 0.1) is 6.92 Å². The monoisotopic (exact) mass is 407 g/mol. The van der Waals surface area contributed by atoms with Crippen LogP contribution < -0.4 is 5.32 Å². The number of benzene rings is 1. The molecule has 0 aliphatic carbocycles. The zero-order valence-electron chi connectivity index (χ0n) is 15.9. The number of aryl methyl sites for hydroxylation is 1. The Balaban J connectivity index is 1.89. The van der Waals surface area contributed by atoms with Gasteiger partial charge in [-0.05, 0) is 31.9 Å². The average molecular weight is 408 g/mol. The summed E-state index contributed by atoms with van der Waals surface area (Å²) in [5, 5.41) is 3.69. The molecule has 3 rings (SSSR count). The minimum absolute atomic E-state index is 0.145. The number of amides is 1. The summed E-state index contributed by atoms with van der Waals surface area (Å²) in [4.78, 5) is 17.9. The summed E-state index contributed by atoms with van der Waals surface area (Å²) in [7, 11) is -3.63. The van der Waals surface area contributed by atoms with Gasteiger partial charge in [0.25, 0.3) is 5.91 Å². The van der Waals surface area contributed by atoms with Crippen LogP contribution in [-0.2, 0) is 10.0 Å². The zero-order valence-corrected chi connectivity index (χ0v) is 17.5. The van der Waals surface area contributed by atoms with E-state index >= 15 is 0 Å². The number of para-hydroxylation sites is 1. The van der Waals surface area contributed by atoms with Crippen molar-refractivity contribution in [2.45, 2.75) is 50.8 Å². The van der Waals surface area contributed by atoms with Crippen molar-refractivity contribution in [3.05, 3.63) is 39.8 Å². The lowest BCUT2D eigenvalue weighted by Crippen LogP contribution is -2.36. The molecule has 2 aromatic rings. The number of rotatable bonds is 5. The summed E-state index contributed by atoms with van der Waals surface area (Å²) in [6, 6.07) is 6.60. The van der Waals surface area contributed by atoms with Gasteiger partial charge in [-0.3, -0.25) is 4.79 Å². The fourth-order valence-corrected chi connectivity index (χ4v) is 5.72. The van der Waals surface area contributed by atoms with Crippen LogP contribution in [0.2, 0.25) is 0 Å². The predicted octanol–water partition coefficient (Wildman–Crippen LogP) is 4.00. The van der Waals surface area contributed by atoms with Crippen LogP contribution in [0.4, 0.5) is 5.69 Å². The fourth-order valence-electron chi connectivity index (χ4n) is 3.09. The summed E-state index contributed by atoms with van der Waals surface area (Å²) >= 11 is 1.35. The van der Waals surface area contributed by atoms with Crippen LogP contribution in [0.3, 0.4) is 0 Å². The normalized spacial score (nSPS) is 15.9. The first-order valence-electron chi connectivity index (χ1n) is 9.18. The van der Waals surface area contributed by atoms with Crippen molar-refractivity contribution in [2.24, 2.45) is 0 Å². The standard InChI is InChI=1S/C19H25N3O3S2/c1-13(2)19-20-14(3)17(26-19)18(23)21-15-9-5-6-10-16(15)27(24,25)22-11-7-4-8-12-22/h5-6,9-10,13H,4,7-8,11-12H2,1-3H3,(H,21,23). The number of hydrogen-bond donors (Lipinski definition) is 1. The molecule has 1 aromatic carbocycles. The minimum Gasteiger partial charge on any atom is -0.320 e.